The number of pyridine rings is 1. The minimum atomic E-state index is 0.495. The Labute approximate surface area is 184 Å². The Hall–Kier alpha value is -4.46. The van der Waals surface area contributed by atoms with E-state index in [2.05, 4.69) is 20.7 Å². The van der Waals surface area contributed by atoms with Crippen LogP contribution in [0.15, 0.2) is 85.3 Å². The van der Waals surface area contributed by atoms with Crippen molar-refractivity contribution in [3.05, 3.63) is 90.9 Å². The third kappa shape index (κ3) is 4.06. The Morgan fingerprint density at radius 1 is 0.906 bits per heavy atom. The van der Waals surface area contributed by atoms with E-state index in [1.807, 2.05) is 77.6 Å². The summed E-state index contributed by atoms with van der Waals surface area (Å²) < 4.78 is 7.06. The van der Waals surface area contributed by atoms with E-state index in [9.17, 15) is 0 Å². The summed E-state index contributed by atoms with van der Waals surface area (Å²) in [5.74, 6) is 1.95. The summed E-state index contributed by atoms with van der Waals surface area (Å²) in [6.07, 6.45) is 5.34. The number of nitrogens with one attached hydrogen (secondary N) is 2. The van der Waals surface area contributed by atoms with E-state index >= 15 is 0 Å². The molecule has 8 nitrogen and oxygen atoms in total. The molecular formula is C24H21N7O. The summed E-state index contributed by atoms with van der Waals surface area (Å²) in [4.78, 5) is 13.6. The third-order valence-corrected chi connectivity index (χ3v) is 4.96. The Morgan fingerprint density at radius 3 is 2.50 bits per heavy atom. The average Bonchev–Trinajstić information content (AvgIpc) is 3.29. The highest BCUT2D eigenvalue weighted by Crippen LogP contribution is 2.27. The van der Waals surface area contributed by atoms with Crippen molar-refractivity contribution in [2.45, 2.75) is 6.54 Å². The van der Waals surface area contributed by atoms with Crippen LogP contribution in [-0.2, 0) is 6.54 Å². The number of hydrogen-bond acceptors (Lipinski definition) is 7. The number of benzene rings is 2. The van der Waals surface area contributed by atoms with Gasteiger partial charge in [0.25, 0.3) is 0 Å². The molecule has 5 rings (SSSR count). The Bertz CT molecular complexity index is 1320. The Morgan fingerprint density at radius 2 is 1.75 bits per heavy atom. The molecule has 0 aliphatic rings. The molecular weight excluding hydrogens is 402 g/mol. The van der Waals surface area contributed by atoms with Gasteiger partial charge in [-0.25, -0.2) is 4.68 Å². The molecule has 0 aliphatic carbocycles. The van der Waals surface area contributed by atoms with Crippen LogP contribution in [-0.4, -0.2) is 31.8 Å². The highest BCUT2D eigenvalue weighted by molar-refractivity contribution is 5.90. The lowest BCUT2D eigenvalue weighted by Gasteiger charge is -2.11. The van der Waals surface area contributed by atoms with Gasteiger partial charge in [-0.15, -0.1) is 0 Å². The predicted molar refractivity (Wildman–Crippen MR) is 125 cm³/mol. The van der Waals surface area contributed by atoms with Crippen molar-refractivity contribution < 1.29 is 4.74 Å². The van der Waals surface area contributed by atoms with Gasteiger partial charge >= 0.3 is 0 Å². The van der Waals surface area contributed by atoms with E-state index in [-0.39, 0.29) is 0 Å². The van der Waals surface area contributed by atoms with E-state index in [1.165, 1.54) is 0 Å². The fourth-order valence-corrected chi connectivity index (χ4v) is 3.34. The van der Waals surface area contributed by atoms with Gasteiger partial charge in [-0.2, -0.15) is 15.1 Å². The van der Waals surface area contributed by atoms with Gasteiger partial charge in [0.05, 0.1) is 24.4 Å². The van der Waals surface area contributed by atoms with Gasteiger partial charge in [-0.05, 0) is 48.0 Å². The molecule has 0 saturated heterocycles. The second kappa shape index (κ2) is 8.73. The lowest BCUT2D eigenvalue weighted by atomic mass is 10.3. The van der Waals surface area contributed by atoms with Gasteiger partial charge in [-0.1, -0.05) is 24.3 Å². The van der Waals surface area contributed by atoms with Crippen molar-refractivity contribution >= 4 is 28.5 Å². The van der Waals surface area contributed by atoms with E-state index in [4.69, 9.17) is 14.7 Å². The maximum Gasteiger partial charge on any atom is 0.227 e. The third-order valence-electron chi connectivity index (χ3n) is 4.96. The van der Waals surface area contributed by atoms with Gasteiger partial charge in [-0.3, -0.25) is 4.98 Å². The monoisotopic (exact) mass is 423 g/mol. The topological polar surface area (TPSA) is 89.8 Å². The van der Waals surface area contributed by atoms with Crippen LogP contribution in [0.4, 0.5) is 17.5 Å². The highest BCUT2D eigenvalue weighted by Gasteiger charge is 2.14. The molecule has 0 amide bonds. The van der Waals surface area contributed by atoms with Crippen LogP contribution in [0, 0.1) is 0 Å². The molecule has 0 atom stereocenters. The minimum Gasteiger partial charge on any atom is -0.497 e. The van der Waals surface area contributed by atoms with E-state index in [0.29, 0.717) is 24.0 Å². The normalized spacial score (nSPS) is 10.8. The first-order valence-electron chi connectivity index (χ1n) is 10.2. The van der Waals surface area contributed by atoms with Crippen LogP contribution in [0.1, 0.15) is 5.56 Å². The second-order valence-electron chi connectivity index (χ2n) is 7.09. The Balaban J connectivity index is 1.54. The molecule has 0 bridgehead atoms. The van der Waals surface area contributed by atoms with Gasteiger partial charge in [0.2, 0.25) is 5.95 Å². The number of fused-ring (bicyclic) bond motifs is 1. The van der Waals surface area contributed by atoms with E-state index in [1.54, 1.807) is 19.5 Å². The zero-order valence-electron chi connectivity index (χ0n) is 17.4. The van der Waals surface area contributed by atoms with Crippen LogP contribution in [0.5, 0.6) is 5.75 Å². The first-order valence-corrected chi connectivity index (χ1v) is 10.2. The number of anilines is 3. The summed E-state index contributed by atoms with van der Waals surface area (Å²) in [5, 5.41) is 12.1. The number of para-hydroxylation sites is 1. The molecule has 158 valence electrons. The van der Waals surface area contributed by atoms with Gasteiger partial charge in [0.15, 0.2) is 5.65 Å². The summed E-state index contributed by atoms with van der Waals surface area (Å²) in [7, 11) is 1.65. The number of hydrogen-bond donors (Lipinski definition) is 2. The second-order valence-corrected chi connectivity index (χ2v) is 7.09. The molecule has 2 aromatic carbocycles. The highest BCUT2D eigenvalue weighted by atomic mass is 16.5. The summed E-state index contributed by atoms with van der Waals surface area (Å²) in [6.45, 7) is 0.556. The van der Waals surface area contributed by atoms with Crippen molar-refractivity contribution in [2.75, 3.05) is 17.7 Å². The summed E-state index contributed by atoms with van der Waals surface area (Å²) >= 11 is 0. The number of ether oxygens (including phenoxy) is 1. The van der Waals surface area contributed by atoms with Crippen LogP contribution < -0.4 is 15.4 Å². The van der Waals surface area contributed by atoms with Crippen molar-refractivity contribution in [2.24, 2.45) is 0 Å². The van der Waals surface area contributed by atoms with Crippen molar-refractivity contribution in [3.63, 3.8) is 0 Å². The first kappa shape index (κ1) is 19.5. The van der Waals surface area contributed by atoms with Gasteiger partial charge < -0.3 is 15.4 Å². The Kier molecular flexibility index (Phi) is 5.32. The van der Waals surface area contributed by atoms with E-state index in [0.717, 1.165) is 28.1 Å². The fourth-order valence-electron chi connectivity index (χ4n) is 3.34. The lowest BCUT2D eigenvalue weighted by Crippen LogP contribution is -2.07. The van der Waals surface area contributed by atoms with Crippen LogP contribution in [0.25, 0.3) is 16.7 Å². The molecule has 32 heavy (non-hydrogen) atoms. The SMILES string of the molecule is COc1ccc(Nc2nc(NCc3cccnc3)nc3c2cnn3-c2ccccc2)cc1. The number of methoxy groups -OCH3 is 1. The van der Waals surface area contributed by atoms with Crippen LogP contribution in [0.2, 0.25) is 0 Å². The first-order chi connectivity index (χ1) is 15.8. The molecule has 0 radical (unpaired) electrons. The molecule has 2 N–H and O–H groups in total. The van der Waals surface area contributed by atoms with Crippen molar-refractivity contribution in [1.29, 1.82) is 0 Å². The number of nitrogens with zero attached hydrogens (tertiary/aromatic N) is 5. The molecule has 0 unspecified atom stereocenters. The molecule has 5 aromatic rings. The van der Waals surface area contributed by atoms with Gasteiger partial charge in [0.1, 0.15) is 11.6 Å². The molecule has 0 aliphatic heterocycles. The molecule has 0 fully saturated rings. The fraction of sp³-hybridized carbons (Fsp3) is 0.0833. The van der Waals surface area contributed by atoms with Crippen LogP contribution in [0.3, 0.4) is 0 Å². The lowest BCUT2D eigenvalue weighted by molar-refractivity contribution is 0.415. The van der Waals surface area contributed by atoms with E-state index < -0.39 is 0 Å². The largest absolute Gasteiger partial charge is 0.497 e. The maximum atomic E-state index is 5.25. The number of rotatable bonds is 7. The molecule has 3 aromatic heterocycles. The molecule has 0 saturated carbocycles. The standard InChI is InChI=1S/C24H21N7O/c1-32-20-11-9-18(10-12-20)28-22-21-16-27-31(19-7-3-2-4-8-19)23(21)30-24(29-22)26-15-17-6-5-13-25-14-17/h2-14,16H,15H2,1H3,(H2,26,28,29,30). The zero-order chi connectivity index (χ0) is 21.8. The van der Waals surface area contributed by atoms with Crippen molar-refractivity contribution in [3.8, 4) is 11.4 Å². The predicted octanol–water partition coefficient (Wildman–Crippen LogP) is 4.57. The molecule has 0 spiro atoms. The quantitative estimate of drug-likeness (QED) is 0.396. The summed E-state index contributed by atoms with van der Waals surface area (Å²) in [5.41, 5.74) is 3.56. The smallest absolute Gasteiger partial charge is 0.227 e. The average molecular weight is 423 g/mol. The van der Waals surface area contributed by atoms with Crippen LogP contribution >= 0.6 is 0 Å². The minimum absolute atomic E-state index is 0.495. The molecule has 3 heterocycles. The maximum absolute atomic E-state index is 5.25. The van der Waals surface area contributed by atoms with Gasteiger partial charge in [0, 0.05) is 24.6 Å². The number of aromatic nitrogens is 5. The molecule has 8 heteroatoms. The van der Waals surface area contributed by atoms with Crippen molar-refractivity contribution in [1.82, 2.24) is 24.7 Å². The summed E-state index contributed by atoms with van der Waals surface area (Å²) in [6, 6.07) is 21.5. The zero-order valence-corrected chi connectivity index (χ0v) is 17.4.